The first-order chi connectivity index (χ1) is 18.2. The summed E-state index contributed by atoms with van der Waals surface area (Å²) in [6.45, 7) is 5.75. The molecule has 6 rings (SSSR count). The Morgan fingerprint density at radius 3 is 2.47 bits per heavy atom. The lowest BCUT2D eigenvalue weighted by molar-refractivity contribution is -0.137. The second kappa shape index (κ2) is 9.47. The maximum Gasteiger partial charge on any atom is 0.416 e. The van der Waals surface area contributed by atoms with Gasteiger partial charge in [-0.25, -0.2) is 9.67 Å². The molecule has 2 saturated heterocycles. The summed E-state index contributed by atoms with van der Waals surface area (Å²) >= 11 is 2.59. The van der Waals surface area contributed by atoms with Crippen molar-refractivity contribution in [3.05, 3.63) is 63.1 Å². The molecule has 0 bridgehead atoms. The molecule has 2 fully saturated rings. The fraction of sp³-hybridized carbons (Fsp3) is 0.360. The van der Waals surface area contributed by atoms with E-state index in [-0.39, 0.29) is 17.9 Å². The van der Waals surface area contributed by atoms with Gasteiger partial charge in [-0.15, -0.1) is 22.7 Å². The summed E-state index contributed by atoms with van der Waals surface area (Å²) in [4.78, 5) is 37.0. The minimum Gasteiger partial charge on any atom is -0.335 e. The van der Waals surface area contributed by atoms with Gasteiger partial charge >= 0.3 is 6.18 Å². The molecule has 2 aliphatic rings. The molecule has 0 unspecified atom stereocenters. The number of hydrogen-bond acceptors (Lipinski definition) is 7. The van der Waals surface area contributed by atoms with Gasteiger partial charge in [0.2, 0.25) is 0 Å². The number of likely N-dealkylation sites (tertiary alicyclic amines) is 1. The van der Waals surface area contributed by atoms with Crippen LogP contribution in [0.25, 0.3) is 15.9 Å². The standard InChI is InChI=1S/C25H23F3N6O2S2/c1-15-19-12-20(38-24(19)34(30-15)17-4-2-3-16(11-17)25(26,27)28)22(35)33-13-18(14-33)31-6-8-32(9-7-31)23(36)21-29-5-10-37-21/h2-5,10-12,18H,6-9,13-14H2,1H3. The Balaban J connectivity index is 1.11. The molecule has 0 saturated carbocycles. The normalized spacial score (nSPS) is 17.3. The number of fused-ring (bicyclic) bond motifs is 1. The van der Waals surface area contributed by atoms with E-state index < -0.39 is 11.7 Å². The topological polar surface area (TPSA) is 74.6 Å². The molecule has 0 aliphatic carbocycles. The van der Waals surface area contributed by atoms with Crippen molar-refractivity contribution in [2.75, 3.05) is 39.3 Å². The van der Waals surface area contributed by atoms with Crippen LogP contribution in [-0.2, 0) is 6.18 Å². The number of benzene rings is 1. The fourth-order valence-electron chi connectivity index (χ4n) is 4.90. The van der Waals surface area contributed by atoms with Gasteiger partial charge in [0.05, 0.1) is 21.8 Å². The van der Waals surface area contributed by atoms with Crippen molar-refractivity contribution < 1.29 is 22.8 Å². The van der Waals surface area contributed by atoms with Crippen LogP contribution in [0, 0.1) is 6.92 Å². The largest absolute Gasteiger partial charge is 0.416 e. The van der Waals surface area contributed by atoms with Crippen molar-refractivity contribution in [1.29, 1.82) is 0 Å². The zero-order valence-electron chi connectivity index (χ0n) is 20.3. The molecule has 2 amide bonds. The molecule has 13 heteroatoms. The van der Waals surface area contributed by atoms with E-state index >= 15 is 0 Å². The molecular formula is C25H23F3N6O2S2. The fourth-order valence-corrected chi connectivity index (χ4v) is 6.66. The number of thiazole rings is 1. The number of alkyl halides is 3. The summed E-state index contributed by atoms with van der Waals surface area (Å²) in [6.07, 6.45) is -2.82. The van der Waals surface area contributed by atoms with E-state index in [9.17, 15) is 22.8 Å². The Kier molecular flexibility index (Phi) is 6.23. The number of amides is 2. The van der Waals surface area contributed by atoms with Gasteiger partial charge in [0.25, 0.3) is 11.8 Å². The van der Waals surface area contributed by atoms with Gasteiger partial charge in [-0.05, 0) is 31.2 Å². The Hall–Kier alpha value is -3.29. The van der Waals surface area contributed by atoms with Crippen molar-refractivity contribution >= 4 is 44.7 Å². The Bertz CT molecular complexity index is 1500. The van der Waals surface area contributed by atoms with Crippen molar-refractivity contribution in [3.63, 3.8) is 0 Å². The van der Waals surface area contributed by atoms with Gasteiger partial charge in [-0.3, -0.25) is 14.5 Å². The lowest BCUT2D eigenvalue weighted by atomic mass is 10.1. The van der Waals surface area contributed by atoms with Crippen LogP contribution in [0.5, 0.6) is 0 Å². The summed E-state index contributed by atoms with van der Waals surface area (Å²) in [5.41, 5.74) is 0.207. The van der Waals surface area contributed by atoms with Gasteiger partial charge in [0, 0.05) is 62.3 Å². The Morgan fingerprint density at radius 1 is 1.03 bits per heavy atom. The third-order valence-electron chi connectivity index (χ3n) is 7.06. The number of carbonyl (C=O) groups is 2. The van der Waals surface area contributed by atoms with E-state index in [0.29, 0.717) is 52.3 Å². The second-order valence-electron chi connectivity index (χ2n) is 9.40. The maximum atomic E-state index is 13.2. The molecule has 0 atom stereocenters. The molecule has 0 N–H and O–H groups in total. The van der Waals surface area contributed by atoms with Crippen LogP contribution in [0.2, 0.25) is 0 Å². The van der Waals surface area contributed by atoms with E-state index in [0.717, 1.165) is 30.6 Å². The average molecular weight is 561 g/mol. The highest BCUT2D eigenvalue weighted by Gasteiger charge is 2.38. The van der Waals surface area contributed by atoms with E-state index in [1.54, 1.807) is 35.5 Å². The third kappa shape index (κ3) is 4.48. The number of thiophene rings is 1. The van der Waals surface area contributed by atoms with E-state index in [1.165, 1.54) is 33.4 Å². The van der Waals surface area contributed by atoms with Gasteiger partial charge in [0.1, 0.15) is 4.83 Å². The number of carbonyl (C=O) groups excluding carboxylic acids is 2. The zero-order valence-corrected chi connectivity index (χ0v) is 21.9. The summed E-state index contributed by atoms with van der Waals surface area (Å²) in [5.74, 6) is -0.121. The first kappa shape index (κ1) is 25.0. The first-order valence-electron chi connectivity index (χ1n) is 12.1. The van der Waals surface area contributed by atoms with Crippen molar-refractivity contribution in [1.82, 2.24) is 29.5 Å². The first-order valence-corrected chi connectivity index (χ1v) is 13.8. The van der Waals surface area contributed by atoms with Gasteiger partial charge in [-0.1, -0.05) is 6.07 Å². The molecule has 0 spiro atoms. The van der Waals surface area contributed by atoms with Gasteiger partial charge in [-0.2, -0.15) is 18.3 Å². The van der Waals surface area contributed by atoms with Gasteiger partial charge < -0.3 is 9.80 Å². The number of nitrogens with zero attached hydrogens (tertiary/aromatic N) is 6. The summed E-state index contributed by atoms with van der Waals surface area (Å²) in [6, 6.07) is 7.05. The van der Waals surface area contributed by atoms with E-state index in [1.807, 2.05) is 4.90 Å². The minimum atomic E-state index is -4.45. The molecule has 3 aromatic heterocycles. The number of hydrogen-bond donors (Lipinski definition) is 0. The number of halogens is 3. The maximum absolute atomic E-state index is 13.2. The number of rotatable bonds is 4. The molecule has 5 heterocycles. The molecule has 8 nitrogen and oxygen atoms in total. The highest BCUT2D eigenvalue weighted by atomic mass is 32.1. The van der Waals surface area contributed by atoms with E-state index in [4.69, 9.17) is 0 Å². The molecule has 4 aromatic rings. The SMILES string of the molecule is Cc1nn(-c2cccc(C(F)(F)F)c2)c2sc(C(=O)N3CC(N4CCN(C(=O)c5nccs5)CC4)C3)cc12. The third-order valence-corrected chi connectivity index (χ3v) is 8.92. The molecule has 1 aromatic carbocycles. The zero-order chi connectivity index (χ0) is 26.6. The number of aromatic nitrogens is 3. The summed E-state index contributed by atoms with van der Waals surface area (Å²) in [7, 11) is 0. The molecule has 38 heavy (non-hydrogen) atoms. The van der Waals surface area contributed by atoms with Gasteiger partial charge in [0.15, 0.2) is 5.01 Å². The lowest BCUT2D eigenvalue weighted by Crippen LogP contribution is -2.64. The molecule has 0 radical (unpaired) electrons. The smallest absolute Gasteiger partial charge is 0.335 e. The monoisotopic (exact) mass is 560 g/mol. The summed E-state index contributed by atoms with van der Waals surface area (Å²) < 4.78 is 41.2. The lowest BCUT2D eigenvalue weighted by Gasteiger charge is -2.47. The highest BCUT2D eigenvalue weighted by molar-refractivity contribution is 7.20. The van der Waals surface area contributed by atoms with Crippen LogP contribution in [0.3, 0.4) is 0 Å². The van der Waals surface area contributed by atoms with Crippen LogP contribution in [-0.4, -0.2) is 86.6 Å². The predicted molar refractivity (Wildman–Crippen MR) is 138 cm³/mol. The second-order valence-corrected chi connectivity index (χ2v) is 11.3. The number of aryl methyl sites for hydroxylation is 1. The van der Waals surface area contributed by atoms with Crippen LogP contribution in [0.1, 0.15) is 30.7 Å². The van der Waals surface area contributed by atoms with Crippen LogP contribution in [0.15, 0.2) is 41.9 Å². The van der Waals surface area contributed by atoms with Crippen molar-refractivity contribution in [2.24, 2.45) is 0 Å². The van der Waals surface area contributed by atoms with E-state index in [2.05, 4.69) is 15.0 Å². The van der Waals surface area contributed by atoms with Crippen LogP contribution in [0.4, 0.5) is 13.2 Å². The number of piperazine rings is 1. The molecule has 2 aliphatic heterocycles. The minimum absolute atomic E-state index is 0.0335. The highest BCUT2D eigenvalue weighted by Crippen LogP contribution is 2.34. The molecular weight excluding hydrogens is 537 g/mol. The Labute approximate surface area is 223 Å². The molecule has 198 valence electrons. The van der Waals surface area contributed by atoms with Crippen molar-refractivity contribution in [2.45, 2.75) is 19.1 Å². The quantitative estimate of drug-likeness (QED) is 0.375. The average Bonchev–Trinajstić information content (AvgIpc) is 3.62. The van der Waals surface area contributed by atoms with Crippen LogP contribution >= 0.6 is 22.7 Å². The summed E-state index contributed by atoms with van der Waals surface area (Å²) in [5, 5.41) is 7.49. The predicted octanol–water partition coefficient (Wildman–Crippen LogP) is 4.15. The Morgan fingerprint density at radius 2 is 1.79 bits per heavy atom. The van der Waals surface area contributed by atoms with Crippen LogP contribution < -0.4 is 0 Å². The van der Waals surface area contributed by atoms with Crippen molar-refractivity contribution in [3.8, 4) is 5.69 Å².